The van der Waals surface area contributed by atoms with Gasteiger partial charge in [0.1, 0.15) is 0 Å². The van der Waals surface area contributed by atoms with Gasteiger partial charge in [0.25, 0.3) is 0 Å². The van der Waals surface area contributed by atoms with Gasteiger partial charge in [0.2, 0.25) is 0 Å². The van der Waals surface area contributed by atoms with Crippen molar-refractivity contribution in [3.05, 3.63) is 40.4 Å². The third-order valence-electron chi connectivity index (χ3n) is 1.70. The van der Waals surface area contributed by atoms with Crippen LogP contribution < -0.4 is 5.73 Å². The van der Waals surface area contributed by atoms with Crippen LogP contribution in [0.2, 0.25) is 5.02 Å². The Bertz CT molecular complexity index is 374. The van der Waals surface area contributed by atoms with E-state index < -0.39 is 5.97 Å². The highest BCUT2D eigenvalue weighted by Gasteiger charge is 2.09. The first kappa shape index (κ1) is 10.8. The maximum Gasteiger partial charge on any atom is 0.336 e. The molecule has 0 aliphatic rings. The molecule has 0 radical (unpaired) electrons. The van der Waals surface area contributed by atoms with Gasteiger partial charge in [-0.25, -0.2) is 4.79 Å². The number of rotatable bonds is 3. The van der Waals surface area contributed by atoms with Crippen LogP contribution in [0, 0.1) is 0 Å². The molecule has 0 spiro atoms. The van der Waals surface area contributed by atoms with Gasteiger partial charge in [-0.2, -0.15) is 0 Å². The molecule has 0 saturated carbocycles. The van der Waals surface area contributed by atoms with Crippen LogP contribution in [-0.4, -0.2) is 17.6 Å². The summed E-state index contributed by atoms with van der Waals surface area (Å²) < 4.78 is 0. The van der Waals surface area contributed by atoms with Gasteiger partial charge < -0.3 is 10.8 Å². The number of carbonyl (C=O) groups is 1. The smallest absolute Gasteiger partial charge is 0.336 e. The summed E-state index contributed by atoms with van der Waals surface area (Å²) in [4.78, 5) is 10.8. The van der Waals surface area contributed by atoms with E-state index in [0.717, 1.165) is 0 Å². The van der Waals surface area contributed by atoms with Crippen molar-refractivity contribution in [3.63, 3.8) is 0 Å². The van der Waals surface area contributed by atoms with Crippen LogP contribution >= 0.6 is 11.6 Å². The van der Waals surface area contributed by atoms with Crippen molar-refractivity contribution in [3.8, 4) is 0 Å². The second-order valence-corrected chi connectivity index (χ2v) is 3.05. The van der Waals surface area contributed by atoms with Crippen LogP contribution in [0.25, 0.3) is 6.08 Å². The second-order valence-electron chi connectivity index (χ2n) is 2.64. The molecule has 3 N–H and O–H groups in total. The molecular weight excluding hydrogens is 202 g/mol. The summed E-state index contributed by atoms with van der Waals surface area (Å²) in [6, 6.07) is 4.75. The molecule has 0 atom stereocenters. The Morgan fingerprint density at radius 1 is 1.57 bits per heavy atom. The molecule has 0 amide bonds. The number of hydrogen-bond acceptors (Lipinski definition) is 2. The van der Waals surface area contributed by atoms with Crippen LogP contribution in [-0.2, 0) is 0 Å². The fraction of sp³-hybridized carbons (Fsp3) is 0.100. The molecule has 0 saturated heterocycles. The lowest BCUT2D eigenvalue weighted by atomic mass is 10.1. The van der Waals surface area contributed by atoms with E-state index in [-0.39, 0.29) is 5.56 Å². The van der Waals surface area contributed by atoms with Gasteiger partial charge in [-0.15, -0.1) is 0 Å². The molecule has 0 heterocycles. The number of aromatic carboxylic acids is 1. The van der Waals surface area contributed by atoms with Gasteiger partial charge in [-0.3, -0.25) is 0 Å². The predicted molar refractivity (Wildman–Crippen MR) is 56.5 cm³/mol. The van der Waals surface area contributed by atoms with Crippen LogP contribution in [0.4, 0.5) is 0 Å². The van der Waals surface area contributed by atoms with E-state index in [1.165, 1.54) is 6.07 Å². The van der Waals surface area contributed by atoms with E-state index in [2.05, 4.69) is 0 Å². The maximum absolute atomic E-state index is 10.8. The van der Waals surface area contributed by atoms with Crippen molar-refractivity contribution in [2.24, 2.45) is 5.73 Å². The Morgan fingerprint density at radius 3 is 2.86 bits per heavy atom. The summed E-state index contributed by atoms with van der Waals surface area (Å²) in [6.45, 7) is 0.351. The molecule has 0 aliphatic heterocycles. The van der Waals surface area contributed by atoms with Gasteiger partial charge in [0, 0.05) is 17.1 Å². The minimum atomic E-state index is -0.996. The normalized spacial score (nSPS) is 10.7. The highest BCUT2D eigenvalue weighted by atomic mass is 35.5. The second kappa shape index (κ2) is 4.79. The van der Waals surface area contributed by atoms with E-state index in [9.17, 15) is 4.79 Å². The molecule has 74 valence electrons. The Kier molecular flexibility index (Phi) is 3.68. The number of carboxylic acids is 1. The standard InChI is InChI=1S/C10H10ClNO2/c11-9-5-1-3-8(10(13)14)7(9)4-2-6-12/h1-5H,6,12H2,(H,13,14). The van der Waals surface area contributed by atoms with Gasteiger partial charge in [0.05, 0.1) is 5.56 Å². The zero-order valence-electron chi connectivity index (χ0n) is 7.40. The molecule has 3 nitrogen and oxygen atoms in total. The molecule has 1 aromatic carbocycles. The minimum absolute atomic E-state index is 0.183. The molecule has 0 unspecified atom stereocenters. The first-order chi connectivity index (χ1) is 6.66. The predicted octanol–water partition coefficient (Wildman–Crippen LogP) is 2.01. The van der Waals surface area contributed by atoms with Crippen molar-refractivity contribution in [1.29, 1.82) is 0 Å². The van der Waals surface area contributed by atoms with Crippen molar-refractivity contribution < 1.29 is 9.90 Å². The van der Waals surface area contributed by atoms with E-state index in [1.807, 2.05) is 0 Å². The average molecular weight is 212 g/mol. The van der Waals surface area contributed by atoms with Crippen molar-refractivity contribution in [2.45, 2.75) is 0 Å². The van der Waals surface area contributed by atoms with E-state index in [0.29, 0.717) is 17.1 Å². The Morgan fingerprint density at radius 2 is 2.29 bits per heavy atom. The van der Waals surface area contributed by atoms with Crippen molar-refractivity contribution in [2.75, 3.05) is 6.54 Å². The van der Waals surface area contributed by atoms with Gasteiger partial charge in [-0.1, -0.05) is 29.8 Å². The number of hydrogen-bond donors (Lipinski definition) is 2. The van der Waals surface area contributed by atoms with Crippen molar-refractivity contribution in [1.82, 2.24) is 0 Å². The van der Waals surface area contributed by atoms with Crippen LogP contribution in [0.5, 0.6) is 0 Å². The Balaban J connectivity index is 3.22. The third kappa shape index (κ3) is 2.34. The Labute approximate surface area is 86.8 Å². The van der Waals surface area contributed by atoms with Crippen LogP contribution in [0.3, 0.4) is 0 Å². The molecule has 1 aromatic rings. The average Bonchev–Trinajstić information content (AvgIpc) is 2.15. The molecule has 14 heavy (non-hydrogen) atoms. The number of nitrogens with two attached hydrogens (primary N) is 1. The van der Waals surface area contributed by atoms with Crippen molar-refractivity contribution >= 4 is 23.6 Å². The lowest BCUT2D eigenvalue weighted by Crippen LogP contribution is -2.00. The van der Waals surface area contributed by atoms with E-state index >= 15 is 0 Å². The summed E-state index contributed by atoms with van der Waals surface area (Å²) >= 11 is 5.85. The fourth-order valence-electron chi connectivity index (χ4n) is 1.08. The first-order valence-corrected chi connectivity index (χ1v) is 4.43. The highest BCUT2D eigenvalue weighted by molar-refractivity contribution is 6.32. The van der Waals surface area contributed by atoms with Gasteiger partial charge >= 0.3 is 5.97 Å². The zero-order valence-corrected chi connectivity index (χ0v) is 8.16. The van der Waals surface area contributed by atoms with E-state index in [1.54, 1.807) is 24.3 Å². The molecule has 1 rings (SSSR count). The molecule has 0 aliphatic carbocycles. The summed E-state index contributed by atoms with van der Waals surface area (Å²) in [6.07, 6.45) is 3.28. The fourth-order valence-corrected chi connectivity index (χ4v) is 1.32. The summed E-state index contributed by atoms with van der Waals surface area (Å²) in [7, 11) is 0. The minimum Gasteiger partial charge on any atom is -0.478 e. The summed E-state index contributed by atoms with van der Waals surface area (Å²) in [5, 5.41) is 9.28. The number of benzene rings is 1. The quantitative estimate of drug-likeness (QED) is 0.804. The van der Waals surface area contributed by atoms with Gasteiger partial charge in [-0.05, 0) is 12.1 Å². The summed E-state index contributed by atoms with van der Waals surface area (Å²) in [5.74, 6) is -0.996. The number of carboxylic acid groups (broad SMARTS) is 1. The molecule has 0 aromatic heterocycles. The lowest BCUT2D eigenvalue weighted by molar-refractivity contribution is 0.0696. The maximum atomic E-state index is 10.8. The first-order valence-electron chi connectivity index (χ1n) is 4.05. The molecule has 4 heteroatoms. The van der Waals surface area contributed by atoms with Gasteiger partial charge in [0.15, 0.2) is 0 Å². The topological polar surface area (TPSA) is 63.3 Å². The molecule has 0 fully saturated rings. The third-order valence-corrected chi connectivity index (χ3v) is 2.03. The molecular formula is C10H10ClNO2. The monoisotopic (exact) mass is 211 g/mol. The zero-order chi connectivity index (χ0) is 10.6. The highest BCUT2D eigenvalue weighted by Crippen LogP contribution is 2.21. The van der Waals surface area contributed by atoms with E-state index in [4.69, 9.17) is 22.4 Å². The molecule has 0 bridgehead atoms. The van der Waals surface area contributed by atoms with Crippen LogP contribution in [0.15, 0.2) is 24.3 Å². The van der Waals surface area contributed by atoms with Crippen LogP contribution in [0.1, 0.15) is 15.9 Å². The lowest BCUT2D eigenvalue weighted by Gasteiger charge is -2.02. The summed E-state index contributed by atoms with van der Waals surface area (Å²) in [5.41, 5.74) is 5.95. The SMILES string of the molecule is NCC=Cc1c(Cl)cccc1C(=O)O. The number of halogens is 1. The Hall–Kier alpha value is -1.32. The largest absolute Gasteiger partial charge is 0.478 e.